The number of allylic oxidation sites excluding steroid dienone is 1. The first-order valence-corrected chi connectivity index (χ1v) is 11.3. The summed E-state index contributed by atoms with van der Waals surface area (Å²) >= 11 is 0. The Hall–Kier alpha value is -2.70. The van der Waals surface area contributed by atoms with Gasteiger partial charge in [-0.15, -0.1) is 0 Å². The summed E-state index contributed by atoms with van der Waals surface area (Å²) in [5.41, 5.74) is 0.529. The van der Waals surface area contributed by atoms with Gasteiger partial charge in [0.05, 0.1) is 0 Å². The van der Waals surface area contributed by atoms with E-state index < -0.39 is 13.9 Å². The lowest BCUT2D eigenvalue weighted by atomic mass is 10.1. The molecule has 0 heterocycles. The third-order valence-electron chi connectivity index (χ3n) is 4.47. The van der Waals surface area contributed by atoms with Gasteiger partial charge in [-0.05, 0) is 43.6 Å². The topological polar surface area (TPSA) is 37.3 Å². The first kappa shape index (κ1) is 22.6. The van der Waals surface area contributed by atoms with Gasteiger partial charge in [0.2, 0.25) is 0 Å². The average Bonchev–Trinajstić information content (AvgIpc) is 2.77. The van der Waals surface area contributed by atoms with E-state index in [0.29, 0.717) is 12.0 Å². The molecule has 3 heteroatoms. The first-order valence-electron chi connectivity index (χ1n) is 10.0. The average molecular weight is 404 g/mol. The number of aliphatic carboxylic acids is 1. The maximum atomic E-state index is 10.4. The van der Waals surface area contributed by atoms with Crippen LogP contribution in [0.3, 0.4) is 0 Å². The molecule has 29 heavy (non-hydrogen) atoms. The molecule has 0 bridgehead atoms. The number of rotatable bonds is 7. The standard InChI is InChI=1S/C18H15P.C8H14O2/c1-4-10-16(11-5-1)19(17-12-6-2-7-13-17)18-14-8-3-9-15-18;1-3-5-6-7(4-2)8(9)10/h1-15H;4H,3,5-6H2,1-2H3,(H,9,10)/b;7-4-. The summed E-state index contributed by atoms with van der Waals surface area (Å²) in [5, 5.41) is 12.7. The second kappa shape index (κ2) is 12.7. The largest absolute Gasteiger partial charge is 0.478 e. The van der Waals surface area contributed by atoms with Crippen LogP contribution >= 0.6 is 7.92 Å². The molecular formula is C26H29O2P. The predicted molar refractivity (Wildman–Crippen MR) is 126 cm³/mol. The van der Waals surface area contributed by atoms with Gasteiger partial charge in [-0.2, -0.15) is 0 Å². The van der Waals surface area contributed by atoms with E-state index >= 15 is 0 Å². The van der Waals surface area contributed by atoms with E-state index in [1.165, 1.54) is 15.9 Å². The van der Waals surface area contributed by atoms with Crippen molar-refractivity contribution in [2.45, 2.75) is 33.1 Å². The van der Waals surface area contributed by atoms with E-state index in [4.69, 9.17) is 5.11 Å². The zero-order valence-electron chi connectivity index (χ0n) is 17.2. The summed E-state index contributed by atoms with van der Waals surface area (Å²) < 4.78 is 0. The van der Waals surface area contributed by atoms with Crippen LogP contribution in [0.5, 0.6) is 0 Å². The van der Waals surface area contributed by atoms with E-state index in [9.17, 15) is 4.79 Å². The van der Waals surface area contributed by atoms with Gasteiger partial charge in [-0.1, -0.05) is 110 Å². The van der Waals surface area contributed by atoms with Crippen molar-refractivity contribution in [3.8, 4) is 0 Å². The minimum atomic E-state index is -0.782. The Balaban J connectivity index is 0.000000257. The van der Waals surface area contributed by atoms with E-state index in [2.05, 4.69) is 97.9 Å². The third-order valence-corrected chi connectivity index (χ3v) is 6.91. The predicted octanol–water partition coefficient (Wildman–Crippen LogP) is 5.65. The zero-order valence-corrected chi connectivity index (χ0v) is 18.1. The van der Waals surface area contributed by atoms with Crippen molar-refractivity contribution >= 4 is 29.8 Å². The Morgan fingerprint density at radius 2 is 1.17 bits per heavy atom. The minimum absolute atomic E-state index is 0.446. The Labute approximate surface area is 175 Å². The van der Waals surface area contributed by atoms with Crippen LogP contribution in [0.4, 0.5) is 0 Å². The highest BCUT2D eigenvalue weighted by Crippen LogP contribution is 2.32. The Morgan fingerprint density at radius 3 is 1.45 bits per heavy atom. The van der Waals surface area contributed by atoms with Crippen molar-refractivity contribution in [2.24, 2.45) is 0 Å². The van der Waals surface area contributed by atoms with Gasteiger partial charge >= 0.3 is 5.97 Å². The van der Waals surface area contributed by atoms with Crippen LogP contribution in [-0.2, 0) is 4.79 Å². The number of carboxylic acid groups (broad SMARTS) is 1. The fourth-order valence-corrected chi connectivity index (χ4v) is 5.23. The SMILES string of the molecule is C/C=C(/CCCC)C(=O)O.c1ccc(P(c2ccccc2)c2ccccc2)cc1. The third kappa shape index (κ3) is 7.33. The van der Waals surface area contributed by atoms with Gasteiger partial charge in [-0.25, -0.2) is 4.79 Å². The molecule has 2 nitrogen and oxygen atoms in total. The minimum Gasteiger partial charge on any atom is -0.478 e. The summed E-state index contributed by atoms with van der Waals surface area (Å²) in [4.78, 5) is 10.4. The van der Waals surface area contributed by atoms with Crippen molar-refractivity contribution in [1.29, 1.82) is 0 Å². The molecule has 150 valence electrons. The normalized spacial score (nSPS) is 10.9. The van der Waals surface area contributed by atoms with Crippen molar-refractivity contribution in [1.82, 2.24) is 0 Å². The summed E-state index contributed by atoms with van der Waals surface area (Å²) in [6.07, 6.45) is 4.37. The number of carboxylic acids is 1. The van der Waals surface area contributed by atoms with E-state index in [1.807, 2.05) is 0 Å². The van der Waals surface area contributed by atoms with E-state index in [-0.39, 0.29) is 0 Å². The monoisotopic (exact) mass is 404 g/mol. The molecule has 0 fully saturated rings. The molecule has 0 aliphatic rings. The van der Waals surface area contributed by atoms with Crippen molar-refractivity contribution in [2.75, 3.05) is 0 Å². The first-order chi connectivity index (χ1) is 14.2. The summed E-state index contributed by atoms with van der Waals surface area (Å²) in [7, 11) is -0.446. The molecule has 1 N–H and O–H groups in total. The molecule has 3 rings (SSSR count). The van der Waals surface area contributed by atoms with Gasteiger partial charge in [0.15, 0.2) is 0 Å². The molecule has 0 saturated heterocycles. The second-order valence-corrected chi connectivity index (χ2v) is 8.78. The molecule has 0 radical (unpaired) electrons. The van der Waals surface area contributed by atoms with Crippen LogP contribution in [0.25, 0.3) is 0 Å². The molecule has 0 atom stereocenters. The van der Waals surface area contributed by atoms with Crippen LogP contribution in [-0.4, -0.2) is 11.1 Å². The van der Waals surface area contributed by atoms with Crippen LogP contribution in [0, 0.1) is 0 Å². The molecule has 0 spiro atoms. The lowest BCUT2D eigenvalue weighted by Gasteiger charge is -2.18. The highest BCUT2D eigenvalue weighted by Gasteiger charge is 2.14. The number of benzene rings is 3. The highest BCUT2D eigenvalue weighted by atomic mass is 31.1. The molecule has 0 amide bonds. The van der Waals surface area contributed by atoms with Crippen LogP contribution in [0.2, 0.25) is 0 Å². The van der Waals surface area contributed by atoms with Gasteiger partial charge in [0.25, 0.3) is 0 Å². The molecule has 3 aromatic carbocycles. The fraction of sp³-hybridized carbons (Fsp3) is 0.192. The van der Waals surface area contributed by atoms with Gasteiger partial charge in [0, 0.05) is 5.57 Å². The maximum Gasteiger partial charge on any atom is 0.331 e. The number of unbranched alkanes of at least 4 members (excludes halogenated alkanes) is 1. The summed E-state index contributed by atoms with van der Waals surface area (Å²) in [6, 6.07) is 32.3. The molecule has 0 aliphatic heterocycles. The van der Waals surface area contributed by atoms with E-state index in [1.54, 1.807) is 13.0 Å². The molecule has 0 aliphatic carbocycles. The summed E-state index contributed by atoms with van der Waals surface area (Å²) in [5.74, 6) is -0.782. The van der Waals surface area contributed by atoms with Crippen LogP contribution in [0.1, 0.15) is 33.1 Å². The molecule has 0 saturated carbocycles. The fourth-order valence-electron chi connectivity index (χ4n) is 2.92. The second-order valence-electron chi connectivity index (χ2n) is 6.56. The Kier molecular flexibility index (Phi) is 9.89. The smallest absolute Gasteiger partial charge is 0.331 e. The Morgan fingerprint density at radius 1 is 0.793 bits per heavy atom. The quantitative estimate of drug-likeness (QED) is 0.408. The Bertz CT molecular complexity index is 780. The van der Waals surface area contributed by atoms with Crippen molar-refractivity contribution < 1.29 is 9.90 Å². The van der Waals surface area contributed by atoms with Gasteiger partial charge < -0.3 is 5.11 Å². The molecule has 0 unspecified atom stereocenters. The zero-order chi connectivity index (χ0) is 20.9. The van der Waals surface area contributed by atoms with Crippen LogP contribution in [0.15, 0.2) is 103 Å². The van der Waals surface area contributed by atoms with Crippen molar-refractivity contribution in [3.05, 3.63) is 103 Å². The van der Waals surface area contributed by atoms with Gasteiger partial charge in [-0.3, -0.25) is 0 Å². The molecular weight excluding hydrogens is 375 g/mol. The number of hydrogen-bond donors (Lipinski definition) is 1. The molecule has 0 aromatic heterocycles. The molecule has 3 aromatic rings. The van der Waals surface area contributed by atoms with Gasteiger partial charge in [0.1, 0.15) is 0 Å². The lowest BCUT2D eigenvalue weighted by molar-refractivity contribution is -0.132. The number of hydrogen-bond acceptors (Lipinski definition) is 1. The highest BCUT2D eigenvalue weighted by molar-refractivity contribution is 7.79. The summed E-state index contributed by atoms with van der Waals surface area (Å²) in [6.45, 7) is 3.81. The van der Waals surface area contributed by atoms with E-state index in [0.717, 1.165) is 12.8 Å². The van der Waals surface area contributed by atoms with Crippen LogP contribution < -0.4 is 15.9 Å². The number of carbonyl (C=O) groups is 1. The van der Waals surface area contributed by atoms with Crippen molar-refractivity contribution in [3.63, 3.8) is 0 Å². The lowest BCUT2D eigenvalue weighted by Crippen LogP contribution is -2.20. The maximum absolute atomic E-state index is 10.4.